The van der Waals surface area contributed by atoms with Crippen LogP contribution in [-0.4, -0.2) is 42.1 Å². The van der Waals surface area contributed by atoms with Crippen molar-refractivity contribution in [1.82, 2.24) is 9.78 Å². The Hall–Kier alpha value is -1.82. The lowest BCUT2D eigenvalue weighted by molar-refractivity contribution is -0.137. The van der Waals surface area contributed by atoms with Gasteiger partial charge in [0.05, 0.1) is 24.8 Å². The molecule has 1 atom stereocenters. The molecule has 1 aromatic carbocycles. The number of ether oxygens (including phenoxy) is 2. The average Bonchev–Trinajstić information content (AvgIpc) is 3.21. The molecule has 31 heavy (non-hydrogen) atoms. The lowest BCUT2D eigenvalue weighted by atomic mass is 10.1. The van der Waals surface area contributed by atoms with Gasteiger partial charge in [0.15, 0.2) is 0 Å². The minimum Gasteiger partial charge on any atom is -0.462 e. The molecule has 1 aromatic heterocycles. The highest BCUT2D eigenvalue weighted by Crippen LogP contribution is 2.37. The number of fused-ring (bicyclic) bond motifs is 1. The Morgan fingerprint density at radius 1 is 1.32 bits per heavy atom. The van der Waals surface area contributed by atoms with Gasteiger partial charge in [0.2, 0.25) is 0 Å². The number of esters is 1. The van der Waals surface area contributed by atoms with Crippen molar-refractivity contribution in [2.75, 3.05) is 31.3 Å². The van der Waals surface area contributed by atoms with Crippen LogP contribution in [0.4, 0.5) is 19.0 Å². The Labute approximate surface area is 192 Å². The minimum absolute atomic E-state index is 0.144. The maximum absolute atomic E-state index is 13.1. The maximum Gasteiger partial charge on any atom is 0.416 e. The molecule has 0 saturated heterocycles. The van der Waals surface area contributed by atoms with Crippen LogP contribution in [0.25, 0.3) is 0 Å². The van der Waals surface area contributed by atoms with E-state index in [9.17, 15) is 18.0 Å². The van der Waals surface area contributed by atoms with Gasteiger partial charge in [-0.1, -0.05) is 25.5 Å². The summed E-state index contributed by atoms with van der Waals surface area (Å²) in [6.45, 7) is 5.74. The molecule has 0 bridgehead atoms. The number of hydrogen-bond donors (Lipinski definition) is 0. The van der Waals surface area contributed by atoms with E-state index in [4.69, 9.17) is 9.47 Å². The second-order valence-corrected chi connectivity index (χ2v) is 8.34. The largest absolute Gasteiger partial charge is 0.462 e. The van der Waals surface area contributed by atoms with E-state index in [2.05, 4.69) is 12.0 Å². The molecule has 0 aliphatic carbocycles. The molecule has 0 spiro atoms. The Morgan fingerprint density at radius 2 is 2.10 bits per heavy atom. The number of rotatable bonds is 9. The van der Waals surface area contributed by atoms with Gasteiger partial charge in [0.1, 0.15) is 15.1 Å². The molecule has 2 heterocycles. The molecule has 1 aliphatic rings. The standard InChI is InChI=1S/C21H25F3IN3O3/c1-3-5-9-30-13-16-12-27(11-14-7-6-8-15(10-14)21(22,23)24)19-17(20(29)31-4-2)18(25)26-28(16)19/h6-8,10,16H,3-5,9,11-13H2,1-2H3/t16-/m0/s1. The quantitative estimate of drug-likeness (QED) is 0.248. The number of halogens is 4. The van der Waals surface area contributed by atoms with E-state index in [1.807, 2.05) is 27.5 Å². The van der Waals surface area contributed by atoms with E-state index in [0.717, 1.165) is 25.0 Å². The Balaban J connectivity index is 1.90. The fourth-order valence-corrected chi connectivity index (χ4v) is 4.24. The molecule has 10 heteroatoms. The molecule has 3 rings (SSSR count). The topological polar surface area (TPSA) is 56.6 Å². The first-order valence-electron chi connectivity index (χ1n) is 10.2. The molecule has 170 valence electrons. The summed E-state index contributed by atoms with van der Waals surface area (Å²) in [5.74, 6) is 0.0686. The first-order valence-corrected chi connectivity index (χ1v) is 11.3. The lowest BCUT2D eigenvalue weighted by Gasteiger charge is -2.20. The molecular weight excluding hydrogens is 526 g/mol. The van der Waals surface area contributed by atoms with Crippen LogP contribution >= 0.6 is 22.6 Å². The molecule has 1 aliphatic heterocycles. The summed E-state index contributed by atoms with van der Waals surface area (Å²) < 4.78 is 52.6. The molecule has 0 saturated carbocycles. The van der Waals surface area contributed by atoms with Crippen molar-refractivity contribution in [3.8, 4) is 0 Å². The van der Waals surface area contributed by atoms with E-state index < -0.39 is 17.7 Å². The van der Waals surface area contributed by atoms with Crippen LogP contribution in [0.1, 0.15) is 54.2 Å². The summed E-state index contributed by atoms with van der Waals surface area (Å²) in [5, 5.41) is 4.52. The summed E-state index contributed by atoms with van der Waals surface area (Å²) in [4.78, 5) is 14.5. The molecular formula is C21H25F3IN3O3. The number of anilines is 1. The number of nitrogens with zero attached hydrogens (tertiary/aromatic N) is 3. The Bertz CT molecular complexity index is 917. The monoisotopic (exact) mass is 551 g/mol. The number of benzene rings is 1. The van der Waals surface area contributed by atoms with Crippen LogP contribution in [0, 0.1) is 3.70 Å². The SMILES string of the molecule is CCCCOC[C@@H]1CN(Cc2cccc(C(F)(F)F)c2)c2c(C(=O)OCC)c(I)nn21. The highest BCUT2D eigenvalue weighted by Gasteiger charge is 2.37. The predicted molar refractivity (Wildman–Crippen MR) is 118 cm³/mol. The van der Waals surface area contributed by atoms with E-state index in [-0.39, 0.29) is 19.2 Å². The number of alkyl halides is 3. The highest BCUT2D eigenvalue weighted by atomic mass is 127. The van der Waals surface area contributed by atoms with E-state index >= 15 is 0 Å². The second kappa shape index (κ2) is 10.2. The first kappa shape index (κ1) is 23.8. The molecule has 0 unspecified atom stereocenters. The van der Waals surface area contributed by atoms with Crippen molar-refractivity contribution in [1.29, 1.82) is 0 Å². The van der Waals surface area contributed by atoms with Crippen molar-refractivity contribution in [3.63, 3.8) is 0 Å². The van der Waals surface area contributed by atoms with Crippen LogP contribution < -0.4 is 4.90 Å². The van der Waals surface area contributed by atoms with Crippen LogP contribution in [0.3, 0.4) is 0 Å². The smallest absolute Gasteiger partial charge is 0.416 e. The second-order valence-electron chi connectivity index (χ2n) is 7.32. The summed E-state index contributed by atoms with van der Waals surface area (Å²) >= 11 is 1.99. The zero-order valence-electron chi connectivity index (χ0n) is 17.4. The molecule has 0 fully saturated rings. The van der Waals surface area contributed by atoms with Crippen molar-refractivity contribution in [3.05, 3.63) is 44.7 Å². The Kier molecular flexibility index (Phi) is 7.84. The zero-order valence-corrected chi connectivity index (χ0v) is 19.6. The van der Waals surface area contributed by atoms with Crippen molar-refractivity contribution in [2.24, 2.45) is 0 Å². The highest BCUT2D eigenvalue weighted by molar-refractivity contribution is 14.1. The van der Waals surface area contributed by atoms with Gasteiger partial charge >= 0.3 is 12.1 Å². The Morgan fingerprint density at radius 3 is 2.77 bits per heavy atom. The fraction of sp³-hybridized carbons (Fsp3) is 0.524. The van der Waals surface area contributed by atoms with Crippen molar-refractivity contribution >= 4 is 34.4 Å². The molecule has 0 amide bonds. The van der Waals surface area contributed by atoms with Gasteiger partial charge in [-0.15, -0.1) is 0 Å². The molecule has 0 N–H and O–H groups in total. The third-order valence-electron chi connectivity index (χ3n) is 4.98. The number of carbonyl (C=O) groups is 1. The van der Waals surface area contributed by atoms with Gasteiger partial charge in [-0.3, -0.25) is 0 Å². The predicted octanol–water partition coefficient (Wildman–Crippen LogP) is 5.06. The van der Waals surface area contributed by atoms with E-state index in [0.29, 0.717) is 40.4 Å². The lowest BCUT2D eigenvalue weighted by Crippen LogP contribution is -2.25. The average molecular weight is 551 g/mol. The number of aromatic nitrogens is 2. The zero-order chi connectivity index (χ0) is 22.6. The van der Waals surface area contributed by atoms with Gasteiger partial charge < -0.3 is 14.4 Å². The summed E-state index contributed by atoms with van der Waals surface area (Å²) in [5.41, 5.74) is 0.141. The van der Waals surface area contributed by atoms with Crippen LogP contribution in [-0.2, 0) is 22.2 Å². The van der Waals surface area contributed by atoms with Crippen molar-refractivity contribution in [2.45, 2.75) is 45.5 Å². The number of carbonyl (C=O) groups excluding carboxylic acids is 1. The summed E-state index contributed by atoms with van der Waals surface area (Å²) in [6, 6.07) is 5.09. The maximum atomic E-state index is 13.1. The van der Waals surface area contributed by atoms with Crippen LogP contribution in [0.15, 0.2) is 24.3 Å². The number of unbranched alkanes of at least 4 members (excludes halogenated alkanes) is 1. The third kappa shape index (κ3) is 5.51. The summed E-state index contributed by atoms with van der Waals surface area (Å²) in [7, 11) is 0. The molecule has 6 nitrogen and oxygen atoms in total. The van der Waals surface area contributed by atoms with Gasteiger partial charge in [0.25, 0.3) is 0 Å². The molecule has 2 aromatic rings. The normalized spacial score (nSPS) is 15.9. The van der Waals surface area contributed by atoms with Gasteiger partial charge in [-0.2, -0.15) is 18.3 Å². The first-order chi connectivity index (χ1) is 14.8. The van der Waals surface area contributed by atoms with Crippen molar-refractivity contribution < 1.29 is 27.4 Å². The van der Waals surface area contributed by atoms with Crippen LogP contribution in [0.5, 0.6) is 0 Å². The minimum atomic E-state index is -4.41. The van der Waals surface area contributed by atoms with Gasteiger partial charge in [0, 0.05) is 19.7 Å². The third-order valence-corrected chi connectivity index (χ3v) is 5.73. The van der Waals surface area contributed by atoms with E-state index in [1.54, 1.807) is 17.7 Å². The van der Waals surface area contributed by atoms with Crippen LogP contribution in [0.2, 0.25) is 0 Å². The van der Waals surface area contributed by atoms with Gasteiger partial charge in [-0.25, -0.2) is 9.48 Å². The fourth-order valence-electron chi connectivity index (χ4n) is 3.55. The summed E-state index contributed by atoms with van der Waals surface area (Å²) in [6.07, 6.45) is -2.45. The van der Waals surface area contributed by atoms with Gasteiger partial charge in [-0.05, 0) is 53.6 Å². The van der Waals surface area contributed by atoms with E-state index in [1.165, 1.54) is 6.07 Å². The molecule has 0 radical (unpaired) electrons. The number of hydrogen-bond acceptors (Lipinski definition) is 5.